The van der Waals surface area contributed by atoms with Crippen molar-refractivity contribution in [2.24, 2.45) is 0 Å². The Morgan fingerprint density at radius 1 is 1.20 bits per heavy atom. The number of ether oxygens (including phenoxy) is 1. The number of carbonyl (C=O) groups is 2. The Balaban J connectivity index is 1.69. The summed E-state index contributed by atoms with van der Waals surface area (Å²) in [5.41, 5.74) is 2.43. The van der Waals surface area contributed by atoms with Crippen LogP contribution in [-0.4, -0.2) is 45.7 Å². The summed E-state index contributed by atoms with van der Waals surface area (Å²) >= 11 is 7.67. The number of carboxylic acid groups (broad SMARTS) is 1. The maximum atomic E-state index is 12.9. The summed E-state index contributed by atoms with van der Waals surface area (Å²) in [7, 11) is 0. The van der Waals surface area contributed by atoms with Crippen LogP contribution in [0.1, 0.15) is 38.3 Å². The number of carboxylic acids is 1. The van der Waals surface area contributed by atoms with Crippen LogP contribution in [0.15, 0.2) is 41.3 Å². The maximum absolute atomic E-state index is 12.9. The van der Waals surface area contributed by atoms with Crippen molar-refractivity contribution in [3.8, 4) is 5.75 Å². The number of alkyl halides is 3. The number of rotatable bonds is 7. The number of aryl methyl sites for hydroxylation is 1. The molecule has 190 valence electrons. The van der Waals surface area contributed by atoms with Gasteiger partial charge in [0.25, 0.3) is 0 Å². The van der Waals surface area contributed by atoms with Crippen LogP contribution in [-0.2, 0) is 17.6 Å². The molecule has 0 saturated carbocycles. The summed E-state index contributed by atoms with van der Waals surface area (Å²) in [5.74, 6) is -1.30. The minimum atomic E-state index is -4.78. The molecule has 2 amide bonds. The second-order valence-electron chi connectivity index (χ2n) is 8.65. The van der Waals surface area contributed by atoms with Gasteiger partial charge in [0.05, 0.1) is 5.02 Å². The second-order valence-corrected chi connectivity index (χ2v) is 10.7. The lowest BCUT2D eigenvalue weighted by atomic mass is 9.87. The van der Waals surface area contributed by atoms with Crippen molar-refractivity contribution in [3.63, 3.8) is 0 Å². The van der Waals surface area contributed by atoms with E-state index in [0.717, 1.165) is 23.3 Å². The molecular formula is C24H26ClF3N2O4S. The molecule has 0 radical (unpaired) electrons. The van der Waals surface area contributed by atoms with Crippen LogP contribution in [0.4, 0.5) is 23.7 Å². The minimum absolute atomic E-state index is 0.0923. The lowest BCUT2D eigenvalue weighted by Crippen LogP contribution is -2.45. The molecule has 0 aliphatic heterocycles. The topological polar surface area (TPSA) is 78.9 Å². The molecular weight excluding hydrogens is 505 g/mol. The van der Waals surface area contributed by atoms with Crippen molar-refractivity contribution in [2.75, 3.05) is 11.9 Å². The van der Waals surface area contributed by atoms with Gasteiger partial charge in [0.1, 0.15) is 10.5 Å². The fourth-order valence-electron chi connectivity index (χ4n) is 3.90. The fraction of sp³-hybridized carbons (Fsp3) is 0.417. The third kappa shape index (κ3) is 6.98. The Hall–Kier alpha value is -2.59. The van der Waals surface area contributed by atoms with Crippen LogP contribution in [0.25, 0.3) is 0 Å². The third-order valence-corrected chi connectivity index (χ3v) is 7.39. The van der Waals surface area contributed by atoms with Gasteiger partial charge >= 0.3 is 18.4 Å². The van der Waals surface area contributed by atoms with Crippen LogP contribution < -0.4 is 10.1 Å². The van der Waals surface area contributed by atoms with Gasteiger partial charge in [0.15, 0.2) is 0 Å². The highest BCUT2D eigenvalue weighted by Crippen LogP contribution is 2.40. The monoisotopic (exact) mass is 530 g/mol. The van der Waals surface area contributed by atoms with Crippen molar-refractivity contribution in [2.45, 2.75) is 62.1 Å². The number of amides is 2. The SMILES string of the molecule is CCN(C(=O)Nc1ccc(OC(F)(F)F)cc1)C1CCc2cc(SC(C)(C)C(=O)O)c(Cl)cc2C1. The molecule has 0 aromatic heterocycles. The first kappa shape index (κ1) is 27.0. The van der Waals surface area contributed by atoms with E-state index in [1.54, 1.807) is 18.7 Å². The summed E-state index contributed by atoms with van der Waals surface area (Å²) in [6.07, 6.45) is -2.79. The number of hydrogen-bond donors (Lipinski definition) is 2. The number of fused-ring (bicyclic) bond motifs is 1. The number of likely N-dealkylation sites (N-methyl/N-ethyl adjacent to an activating group) is 1. The second kappa shape index (κ2) is 10.6. The number of halogens is 4. The molecule has 2 N–H and O–H groups in total. The summed E-state index contributed by atoms with van der Waals surface area (Å²) in [6, 6.07) is 8.30. The smallest absolute Gasteiger partial charge is 0.480 e. The molecule has 1 atom stereocenters. The lowest BCUT2D eigenvalue weighted by Gasteiger charge is -2.35. The fourth-order valence-corrected chi connectivity index (χ4v) is 5.20. The van der Waals surface area contributed by atoms with E-state index in [-0.39, 0.29) is 17.8 Å². The van der Waals surface area contributed by atoms with Gasteiger partial charge in [-0.3, -0.25) is 4.79 Å². The molecule has 1 aliphatic carbocycles. The first-order valence-corrected chi connectivity index (χ1v) is 12.2. The van der Waals surface area contributed by atoms with Gasteiger partial charge in [-0.05, 0) is 87.6 Å². The van der Waals surface area contributed by atoms with E-state index in [1.807, 2.05) is 19.1 Å². The van der Waals surface area contributed by atoms with Gasteiger partial charge in [-0.2, -0.15) is 0 Å². The summed E-state index contributed by atoms with van der Waals surface area (Å²) < 4.78 is 39.8. The van der Waals surface area contributed by atoms with Gasteiger partial charge < -0.3 is 20.1 Å². The molecule has 2 aromatic rings. The lowest BCUT2D eigenvalue weighted by molar-refractivity contribution is -0.274. The number of urea groups is 1. The number of anilines is 1. The Morgan fingerprint density at radius 2 is 1.86 bits per heavy atom. The molecule has 35 heavy (non-hydrogen) atoms. The van der Waals surface area contributed by atoms with Crippen molar-refractivity contribution < 1.29 is 32.6 Å². The van der Waals surface area contributed by atoms with E-state index < -0.39 is 17.1 Å². The van der Waals surface area contributed by atoms with E-state index in [1.165, 1.54) is 23.9 Å². The molecule has 3 rings (SSSR count). The average molecular weight is 531 g/mol. The Labute approximate surface area is 210 Å². The van der Waals surface area contributed by atoms with Crippen molar-refractivity contribution in [3.05, 3.63) is 52.5 Å². The van der Waals surface area contributed by atoms with Crippen LogP contribution in [0.3, 0.4) is 0 Å². The van der Waals surface area contributed by atoms with Crippen LogP contribution in [0.5, 0.6) is 5.75 Å². The zero-order valence-corrected chi connectivity index (χ0v) is 21.0. The highest BCUT2D eigenvalue weighted by atomic mass is 35.5. The van der Waals surface area contributed by atoms with Gasteiger partial charge in [0, 0.05) is 23.2 Å². The number of thioether (sulfide) groups is 1. The quantitative estimate of drug-likeness (QED) is 0.394. The number of nitrogens with zero attached hydrogens (tertiary/aromatic N) is 1. The predicted molar refractivity (Wildman–Crippen MR) is 129 cm³/mol. The third-order valence-electron chi connectivity index (χ3n) is 5.72. The van der Waals surface area contributed by atoms with E-state index >= 15 is 0 Å². The first-order chi connectivity index (χ1) is 16.3. The molecule has 0 spiro atoms. The largest absolute Gasteiger partial charge is 0.573 e. The van der Waals surface area contributed by atoms with E-state index in [9.17, 15) is 27.9 Å². The van der Waals surface area contributed by atoms with Crippen LogP contribution in [0, 0.1) is 0 Å². The van der Waals surface area contributed by atoms with Gasteiger partial charge in [-0.1, -0.05) is 11.6 Å². The highest BCUT2D eigenvalue weighted by Gasteiger charge is 2.32. The van der Waals surface area contributed by atoms with Gasteiger partial charge in [-0.15, -0.1) is 24.9 Å². The van der Waals surface area contributed by atoms with Crippen molar-refractivity contribution in [1.29, 1.82) is 0 Å². The van der Waals surface area contributed by atoms with Crippen LogP contribution >= 0.6 is 23.4 Å². The minimum Gasteiger partial charge on any atom is -0.480 e. The summed E-state index contributed by atoms with van der Waals surface area (Å²) in [5, 5.41) is 12.6. The molecule has 11 heteroatoms. The van der Waals surface area contributed by atoms with Crippen LogP contribution in [0.2, 0.25) is 5.02 Å². The van der Waals surface area contributed by atoms with E-state index in [4.69, 9.17) is 11.6 Å². The number of benzene rings is 2. The summed E-state index contributed by atoms with van der Waals surface area (Å²) in [6.45, 7) is 5.55. The molecule has 0 heterocycles. The summed E-state index contributed by atoms with van der Waals surface area (Å²) in [4.78, 5) is 26.8. The first-order valence-electron chi connectivity index (χ1n) is 11.0. The van der Waals surface area contributed by atoms with E-state index in [2.05, 4.69) is 10.1 Å². The molecule has 0 saturated heterocycles. The standard InChI is InChI=1S/C24H26ClF3N2O4S/c1-4-30(22(33)29-16-6-9-18(10-7-16)34-24(26,27)28)17-8-5-14-13-20(19(25)12-15(14)11-17)35-23(2,3)21(31)32/h6-7,9-10,12-13,17H,4-5,8,11H2,1-3H3,(H,29,33)(H,31,32). The normalized spacial score (nSPS) is 15.8. The molecule has 1 unspecified atom stereocenters. The maximum Gasteiger partial charge on any atom is 0.573 e. The van der Waals surface area contributed by atoms with Crippen molar-refractivity contribution >= 4 is 41.1 Å². The average Bonchev–Trinajstić information content (AvgIpc) is 2.75. The Bertz CT molecular complexity index is 1090. The Kier molecular flexibility index (Phi) is 8.16. The van der Waals surface area contributed by atoms with Crippen molar-refractivity contribution in [1.82, 2.24) is 4.90 Å². The molecule has 0 fully saturated rings. The molecule has 2 aromatic carbocycles. The molecule has 1 aliphatic rings. The van der Waals surface area contributed by atoms with Gasteiger partial charge in [0.2, 0.25) is 0 Å². The number of aliphatic carboxylic acids is 1. The number of nitrogens with one attached hydrogen (secondary N) is 1. The number of carbonyl (C=O) groups excluding carboxylic acids is 1. The zero-order valence-electron chi connectivity index (χ0n) is 19.4. The predicted octanol–water partition coefficient (Wildman–Crippen LogP) is 6.61. The highest BCUT2D eigenvalue weighted by molar-refractivity contribution is 8.01. The zero-order chi connectivity index (χ0) is 26.0. The molecule has 0 bridgehead atoms. The van der Waals surface area contributed by atoms with Gasteiger partial charge in [-0.25, -0.2) is 4.79 Å². The Morgan fingerprint density at radius 3 is 2.43 bits per heavy atom. The van der Waals surface area contributed by atoms with E-state index in [0.29, 0.717) is 41.4 Å². The number of hydrogen-bond acceptors (Lipinski definition) is 4. The molecule has 6 nitrogen and oxygen atoms in total.